The van der Waals surface area contributed by atoms with E-state index in [1.807, 2.05) is 11.8 Å². The van der Waals surface area contributed by atoms with Crippen LogP contribution in [0.1, 0.15) is 28.9 Å². The molecule has 2 aliphatic rings. The van der Waals surface area contributed by atoms with Crippen molar-refractivity contribution in [2.24, 2.45) is 11.8 Å². The third-order valence-electron chi connectivity index (χ3n) is 6.46. The molecule has 1 saturated carbocycles. The Bertz CT molecular complexity index is 1120. The Hall–Kier alpha value is -3.13. The predicted molar refractivity (Wildman–Crippen MR) is 114 cm³/mol. The molecule has 0 spiro atoms. The second-order valence-corrected chi connectivity index (χ2v) is 8.58. The molecule has 2 fully saturated rings. The number of aryl methyl sites for hydroxylation is 1. The highest BCUT2D eigenvalue weighted by atomic mass is 19.1. The number of benzene rings is 1. The molecule has 4 atom stereocenters. The number of hydrogen-bond donors (Lipinski definition) is 2. The van der Waals surface area contributed by atoms with E-state index in [1.165, 1.54) is 12.1 Å². The smallest absolute Gasteiger partial charge is 0.254 e. The SMILES string of the molecule is Cc1cc(C(=O)N2C[C@H]3C[C@@H](Nc4cnccn4)[C@H](O)C[C@H]3C2)c2ccc(F)cc2n1. The number of aromatic nitrogens is 3. The number of anilines is 1. The summed E-state index contributed by atoms with van der Waals surface area (Å²) in [7, 11) is 0. The van der Waals surface area contributed by atoms with Gasteiger partial charge < -0.3 is 15.3 Å². The van der Waals surface area contributed by atoms with Crippen LogP contribution in [0.3, 0.4) is 0 Å². The van der Waals surface area contributed by atoms with Gasteiger partial charge in [0.1, 0.15) is 11.6 Å². The van der Waals surface area contributed by atoms with E-state index in [0.717, 1.165) is 6.42 Å². The standard InChI is InChI=1S/C23H24FN5O2/c1-13-6-18(17-3-2-16(24)9-19(17)27-13)23(31)29-11-14-7-20(21(30)8-15(14)12-29)28-22-10-25-4-5-26-22/h2-6,9-10,14-15,20-21,30H,7-8,11-12H2,1H3,(H,26,28)/t14-,15+,20-,21-/m1/s1. The molecule has 3 aromatic rings. The normalized spacial score (nSPS) is 25.5. The number of pyridine rings is 1. The van der Waals surface area contributed by atoms with Crippen LogP contribution in [0, 0.1) is 24.6 Å². The van der Waals surface area contributed by atoms with Crippen molar-refractivity contribution < 1.29 is 14.3 Å². The Morgan fingerprint density at radius 2 is 2.00 bits per heavy atom. The quantitative estimate of drug-likeness (QED) is 0.676. The number of amides is 1. The van der Waals surface area contributed by atoms with Gasteiger partial charge in [0, 0.05) is 42.6 Å². The van der Waals surface area contributed by atoms with Crippen molar-refractivity contribution in [3.05, 3.63) is 59.9 Å². The lowest BCUT2D eigenvalue weighted by molar-refractivity contribution is 0.0727. The number of rotatable bonds is 3. The molecule has 1 amide bonds. The molecule has 160 valence electrons. The zero-order chi connectivity index (χ0) is 21.5. The predicted octanol–water partition coefficient (Wildman–Crippen LogP) is 2.80. The Kier molecular flexibility index (Phi) is 5.02. The topological polar surface area (TPSA) is 91.2 Å². The number of fused-ring (bicyclic) bond motifs is 2. The first-order chi connectivity index (χ1) is 15.0. The van der Waals surface area contributed by atoms with Gasteiger partial charge in [-0.05, 0) is 49.8 Å². The summed E-state index contributed by atoms with van der Waals surface area (Å²) in [5.41, 5.74) is 1.72. The van der Waals surface area contributed by atoms with E-state index in [0.29, 0.717) is 53.4 Å². The Labute approximate surface area is 179 Å². The third kappa shape index (κ3) is 3.83. The molecule has 0 unspecified atom stereocenters. The van der Waals surface area contributed by atoms with Gasteiger partial charge in [-0.2, -0.15) is 0 Å². The van der Waals surface area contributed by atoms with Crippen molar-refractivity contribution in [2.45, 2.75) is 31.9 Å². The van der Waals surface area contributed by atoms with Crippen molar-refractivity contribution >= 4 is 22.6 Å². The van der Waals surface area contributed by atoms with Gasteiger partial charge in [0.2, 0.25) is 0 Å². The summed E-state index contributed by atoms with van der Waals surface area (Å²) < 4.78 is 13.7. The van der Waals surface area contributed by atoms with E-state index in [2.05, 4.69) is 20.3 Å². The van der Waals surface area contributed by atoms with Crippen molar-refractivity contribution in [3.63, 3.8) is 0 Å². The molecule has 8 heteroatoms. The van der Waals surface area contributed by atoms with E-state index < -0.39 is 6.10 Å². The minimum Gasteiger partial charge on any atom is -0.391 e. The highest BCUT2D eigenvalue weighted by Gasteiger charge is 2.43. The lowest BCUT2D eigenvalue weighted by Gasteiger charge is -2.35. The molecule has 3 heterocycles. The highest BCUT2D eigenvalue weighted by molar-refractivity contribution is 6.06. The molecule has 1 saturated heterocycles. The number of carbonyl (C=O) groups is 1. The molecule has 0 bridgehead atoms. The molecule has 2 N–H and O–H groups in total. The number of nitrogens with one attached hydrogen (secondary N) is 1. The fourth-order valence-corrected chi connectivity index (χ4v) is 5.00. The summed E-state index contributed by atoms with van der Waals surface area (Å²) in [6, 6.07) is 6.00. The fraction of sp³-hybridized carbons (Fsp3) is 0.391. The average Bonchev–Trinajstić information content (AvgIpc) is 3.16. The number of likely N-dealkylation sites (tertiary alicyclic amines) is 1. The first-order valence-electron chi connectivity index (χ1n) is 10.5. The van der Waals surface area contributed by atoms with Crippen LogP contribution in [0.15, 0.2) is 42.9 Å². The van der Waals surface area contributed by atoms with E-state index >= 15 is 0 Å². The Morgan fingerprint density at radius 3 is 2.77 bits per heavy atom. The fourth-order valence-electron chi connectivity index (χ4n) is 5.00. The van der Waals surface area contributed by atoms with E-state index in [-0.39, 0.29) is 23.7 Å². The lowest BCUT2D eigenvalue weighted by atomic mass is 9.77. The van der Waals surface area contributed by atoms with Crippen molar-refractivity contribution in [1.29, 1.82) is 0 Å². The zero-order valence-electron chi connectivity index (χ0n) is 17.2. The molecule has 1 aliphatic heterocycles. The van der Waals surface area contributed by atoms with Crippen LogP contribution >= 0.6 is 0 Å². The average molecular weight is 421 g/mol. The van der Waals surface area contributed by atoms with Crippen molar-refractivity contribution in [2.75, 3.05) is 18.4 Å². The van der Waals surface area contributed by atoms with Crippen LogP contribution < -0.4 is 5.32 Å². The molecule has 2 aromatic heterocycles. The van der Waals surface area contributed by atoms with E-state index in [9.17, 15) is 14.3 Å². The second kappa shape index (κ2) is 7.85. The molecule has 0 radical (unpaired) electrons. The molecule has 1 aromatic carbocycles. The monoisotopic (exact) mass is 421 g/mol. The number of nitrogens with zero attached hydrogens (tertiary/aromatic N) is 4. The summed E-state index contributed by atoms with van der Waals surface area (Å²) in [5, 5.41) is 14.6. The number of aliphatic hydroxyl groups is 1. The third-order valence-corrected chi connectivity index (χ3v) is 6.46. The van der Waals surface area contributed by atoms with Gasteiger partial charge >= 0.3 is 0 Å². The van der Waals surface area contributed by atoms with E-state index in [1.54, 1.807) is 30.7 Å². The maximum Gasteiger partial charge on any atom is 0.254 e. The van der Waals surface area contributed by atoms with Gasteiger partial charge in [0.15, 0.2) is 0 Å². The number of carbonyl (C=O) groups excluding carboxylic acids is 1. The molecule has 31 heavy (non-hydrogen) atoms. The zero-order valence-corrected chi connectivity index (χ0v) is 17.2. The van der Waals surface area contributed by atoms with Crippen LogP contribution in [-0.4, -0.2) is 56.1 Å². The molecule has 1 aliphatic carbocycles. The van der Waals surface area contributed by atoms with Crippen LogP contribution in [-0.2, 0) is 0 Å². The largest absolute Gasteiger partial charge is 0.391 e. The second-order valence-electron chi connectivity index (χ2n) is 8.58. The van der Waals surface area contributed by atoms with Gasteiger partial charge in [0.05, 0.1) is 29.4 Å². The summed E-state index contributed by atoms with van der Waals surface area (Å²) >= 11 is 0. The molecular formula is C23H24FN5O2. The minimum absolute atomic E-state index is 0.0653. The first kappa shape index (κ1) is 19.8. The minimum atomic E-state index is -0.509. The number of halogens is 1. The van der Waals surface area contributed by atoms with Crippen LogP contribution in [0.2, 0.25) is 0 Å². The Balaban J connectivity index is 1.35. The van der Waals surface area contributed by atoms with Gasteiger partial charge in [-0.25, -0.2) is 9.37 Å². The molecule has 5 rings (SSSR count). The number of aliphatic hydroxyl groups excluding tert-OH is 1. The van der Waals surface area contributed by atoms with Crippen LogP contribution in [0.4, 0.5) is 10.2 Å². The molecule has 7 nitrogen and oxygen atoms in total. The van der Waals surface area contributed by atoms with Crippen LogP contribution in [0.5, 0.6) is 0 Å². The first-order valence-corrected chi connectivity index (χ1v) is 10.5. The van der Waals surface area contributed by atoms with Gasteiger partial charge in [-0.3, -0.25) is 14.8 Å². The lowest BCUT2D eigenvalue weighted by Crippen LogP contribution is -2.43. The van der Waals surface area contributed by atoms with Crippen LogP contribution in [0.25, 0.3) is 10.9 Å². The maximum absolute atomic E-state index is 13.7. The summed E-state index contributed by atoms with van der Waals surface area (Å²) in [6.07, 6.45) is 5.75. The summed E-state index contributed by atoms with van der Waals surface area (Å²) in [5.74, 6) is 0.761. The summed E-state index contributed by atoms with van der Waals surface area (Å²) in [4.78, 5) is 27.9. The Morgan fingerprint density at radius 1 is 1.19 bits per heavy atom. The van der Waals surface area contributed by atoms with Gasteiger partial charge in [-0.15, -0.1) is 0 Å². The number of hydrogen-bond acceptors (Lipinski definition) is 6. The maximum atomic E-state index is 13.7. The van der Waals surface area contributed by atoms with E-state index in [4.69, 9.17) is 0 Å². The molecular weight excluding hydrogens is 397 g/mol. The van der Waals surface area contributed by atoms with Gasteiger partial charge in [0.25, 0.3) is 5.91 Å². The van der Waals surface area contributed by atoms with Crippen molar-refractivity contribution in [1.82, 2.24) is 19.9 Å². The van der Waals surface area contributed by atoms with Crippen molar-refractivity contribution in [3.8, 4) is 0 Å². The highest BCUT2D eigenvalue weighted by Crippen LogP contribution is 2.38. The summed E-state index contributed by atoms with van der Waals surface area (Å²) in [6.45, 7) is 3.06. The van der Waals surface area contributed by atoms with Gasteiger partial charge in [-0.1, -0.05) is 0 Å².